The Hall–Kier alpha value is -5.36. The topological polar surface area (TPSA) is 211 Å². The van der Waals surface area contributed by atoms with Crippen LogP contribution in [-0.2, 0) is 20.8 Å². The highest BCUT2D eigenvalue weighted by atomic mass is 16.4. The molecule has 0 unspecified atom stereocenters. The maximum absolute atomic E-state index is 11.7. The third-order valence-electron chi connectivity index (χ3n) is 9.74. The summed E-state index contributed by atoms with van der Waals surface area (Å²) < 4.78 is 0. The number of aromatic amines is 1. The maximum atomic E-state index is 11.7. The minimum absolute atomic E-state index is 0.0940. The fraction of sp³-hybridized carbons (Fsp3) is 0.368. The summed E-state index contributed by atoms with van der Waals surface area (Å²) in [4.78, 5) is 53.6. The lowest BCUT2D eigenvalue weighted by Crippen LogP contribution is -2.30. The van der Waals surface area contributed by atoms with Crippen LogP contribution in [0.2, 0.25) is 0 Å². The molecule has 0 radical (unpaired) electrons. The Labute approximate surface area is 290 Å². The van der Waals surface area contributed by atoms with E-state index in [4.69, 9.17) is 20.7 Å². The van der Waals surface area contributed by atoms with Gasteiger partial charge in [0.2, 0.25) is 0 Å². The zero-order chi connectivity index (χ0) is 36.6. The molecule has 1 aromatic rings. The summed E-state index contributed by atoms with van der Waals surface area (Å²) in [5, 5.41) is 40.4. The number of aromatic nitrogens is 1. The minimum atomic E-state index is -1.23. The van der Waals surface area contributed by atoms with Crippen LogP contribution in [0.25, 0.3) is 12.2 Å². The van der Waals surface area contributed by atoms with Crippen LogP contribution in [-0.4, -0.2) is 66.5 Å². The molecular weight excluding hydrogens is 638 g/mol. The predicted octanol–water partition coefficient (Wildman–Crippen LogP) is 6.53. The van der Waals surface area contributed by atoms with E-state index in [0.717, 1.165) is 44.6 Å². The van der Waals surface area contributed by atoms with Gasteiger partial charge in [-0.15, -0.1) is 0 Å². The summed E-state index contributed by atoms with van der Waals surface area (Å²) in [5.41, 5.74) is 17.8. The van der Waals surface area contributed by atoms with Crippen LogP contribution < -0.4 is 5.73 Å². The van der Waals surface area contributed by atoms with Gasteiger partial charge in [0, 0.05) is 24.2 Å². The summed E-state index contributed by atoms with van der Waals surface area (Å²) in [6.45, 7) is 11.6. The van der Waals surface area contributed by atoms with E-state index < -0.39 is 30.4 Å². The molecule has 4 aliphatic rings. The second-order valence-corrected chi connectivity index (χ2v) is 12.8. The quantitative estimate of drug-likeness (QED) is 0.141. The molecule has 0 spiro atoms. The Balaban J connectivity index is 1.89. The van der Waals surface area contributed by atoms with Gasteiger partial charge in [-0.1, -0.05) is 13.8 Å². The Bertz CT molecular complexity index is 2040. The fourth-order valence-electron chi connectivity index (χ4n) is 6.96. The highest BCUT2D eigenvalue weighted by Crippen LogP contribution is 2.40. The van der Waals surface area contributed by atoms with E-state index in [1.807, 2.05) is 59.8 Å². The monoisotopic (exact) mass is 681 g/mol. The van der Waals surface area contributed by atoms with Crippen LogP contribution in [0.15, 0.2) is 82.9 Å². The molecule has 5 heterocycles. The predicted molar refractivity (Wildman–Crippen MR) is 193 cm³/mol. The van der Waals surface area contributed by atoms with Gasteiger partial charge in [0.25, 0.3) is 0 Å². The fourth-order valence-corrected chi connectivity index (χ4v) is 6.96. The Morgan fingerprint density at radius 2 is 1.30 bits per heavy atom. The number of allylic oxidation sites excluding steroid dienone is 8. The van der Waals surface area contributed by atoms with Crippen molar-refractivity contribution in [2.75, 3.05) is 0 Å². The number of aliphatic carboxylic acids is 3. The van der Waals surface area contributed by atoms with Crippen molar-refractivity contribution in [2.45, 2.75) is 92.5 Å². The summed E-state index contributed by atoms with van der Waals surface area (Å²) in [5.74, 6) is -3.36. The van der Waals surface area contributed by atoms with Crippen LogP contribution in [0, 0.1) is 6.92 Å². The Kier molecular flexibility index (Phi) is 10.2. The van der Waals surface area contributed by atoms with Crippen molar-refractivity contribution in [3.05, 3.63) is 90.5 Å². The number of hydrogen-bond acceptors (Lipinski definition) is 8. The van der Waals surface area contributed by atoms with Gasteiger partial charge in [-0.2, -0.15) is 0 Å². The first-order valence-electron chi connectivity index (χ1n) is 16.7. The SMILES string of the molecule is CCC1=C(C)C2=NC1=Cc1[nH]c(c(CCC(=O)O)c1C)C=C1N=C(C=C3N=C(C(CC)=C3C)C2=C(O)[C@@H](N)CC(=O)O)C(C)=C1CCC(=O)O. The molecule has 0 saturated heterocycles. The third-order valence-corrected chi connectivity index (χ3v) is 9.74. The third kappa shape index (κ3) is 6.75. The van der Waals surface area contributed by atoms with Gasteiger partial charge in [-0.25, -0.2) is 15.0 Å². The average molecular weight is 682 g/mol. The van der Waals surface area contributed by atoms with Crippen molar-refractivity contribution in [2.24, 2.45) is 20.7 Å². The lowest BCUT2D eigenvalue weighted by molar-refractivity contribution is -0.138. The van der Waals surface area contributed by atoms with E-state index >= 15 is 0 Å². The number of carboxylic acid groups (broad SMARTS) is 3. The number of aliphatic imine (C=N–C) groups is 3. The zero-order valence-corrected chi connectivity index (χ0v) is 29.2. The number of aliphatic hydroxyl groups is 1. The van der Waals surface area contributed by atoms with Crippen molar-refractivity contribution in [3.63, 3.8) is 0 Å². The van der Waals surface area contributed by atoms with Gasteiger partial charge in [-0.3, -0.25) is 14.4 Å². The van der Waals surface area contributed by atoms with E-state index in [0.29, 0.717) is 58.5 Å². The van der Waals surface area contributed by atoms with E-state index in [2.05, 4.69) is 4.98 Å². The molecule has 1 atom stereocenters. The molecule has 0 saturated carbocycles. The molecule has 0 amide bonds. The number of fused-ring (bicyclic) bond motifs is 5. The molecule has 50 heavy (non-hydrogen) atoms. The van der Waals surface area contributed by atoms with E-state index in [1.54, 1.807) is 0 Å². The van der Waals surface area contributed by atoms with Crippen molar-refractivity contribution in [1.29, 1.82) is 0 Å². The summed E-state index contributed by atoms with van der Waals surface area (Å²) >= 11 is 0. The molecule has 12 heteroatoms. The largest absolute Gasteiger partial charge is 0.510 e. The number of carboxylic acids is 3. The van der Waals surface area contributed by atoms with Crippen LogP contribution >= 0.6 is 0 Å². The molecule has 8 bridgehead atoms. The van der Waals surface area contributed by atoms with E-state index in [9.17, 15) is 34.8 Å². The molecule has 4 aliphatic heterocycles. The first-order chi connectivity index (χ1) is 23.7. The number of H-pyrrole nitrogens is 1. The number of nitrogens with two attached hydrogens (primary N) is 1. The summed E-state index contributed by atoms with van der Waals surface area (Å²) in [6, 6.07) is -1.23. The van der Waals surface area contributed by atoms with E-state index in [1.165, 1.54) is 0 Å². The highest BCUT2D eigenvalue weighted by Gasteiger charge is 2.35. The number of nitrogens with zero attached hydrogens (tertiary/aromatic N) is 3. The van der Waals surface area contributed by atoms with Crippen LogP contribution in [0.4, 0.5) is 0 Å². The lowest BCUT2D eigenvalue weighted by atomic mass is 9.88. The summed E-state index contributed by atoms with van der Waals surface area (Å²) in [7, 11) is 0. The first kappa shape index (κ1) is 35.9. The van der Waals surface area contributed by atoms with Crippen molar-refractivity contribution in [3.8, 4) is 0 Å². The number of rotatable bonds is 11. The van der Waals surface area contributed by atoms with Gasteiger partial charge in [0.1, 0.15) is 5.76 Å². The first-order valence-corrected chi connectivity index (χ1v) is 16.7. The smallest absolute Gasteiger partial charge is 0.305 e. The van der Waals surface area contributed by atoms with Gasteiger partial charge < -0.3 is 31.1 Å². The van der Waals surface area contributed by atoms with Crippen LogP contribution in [0.1, 0.15) is 95.7 Å². The second kappa shape index (κ2) is 14.2. The molecule has 7 N–H and O–H groups in total. The Morgan fingerprint density at radius 1 is 0.700 bits per heavy atom. The second-order valence-electron chi connectivity index (χ2n) is 12.8. The molecule has 0 fully saturated rings. The molecule has 12 nitrogen and oxygen atoms in total. The number of carbonyl (C=O) groups is 3. The minimum Gasteiger partial charge on any atom is -0.510 e. The maximum Gasteiger partial charge on any atom is 0.305 e. The van der Waals surface area contributed by atoms with Crippen molar-refractivity contribution in [1.82, 2.24) is 4.98 Å². The molecule has 0 aromatic carbocycles. The Morgan fingerprint density at radius 3 is 1.92 bits per heavy atom. The van der Waals surface area contributed by atoms with E-state index in [-0.39, 0.29) is 37.0 Å². The van der Waals surface area contributed by atoms with Gasteiger partial charge >= 0.3 is 17.9 Å². The molecular formula is C38H43N5O7. The normalized spacial score (nSPS) is 18.9. The number of hydrogen-bond donors (Lipinski definition) is 6. The van der Waals surface area contributed by atoms with Gasteiger partial charge in [0.05, 0.1) is 52.3 Å². The van der Waals surface area contributed by atoms with Crippen molar-refractivity contribution >= 4 is 47.2 Å². The molecule has 5 rings (SSSR count). The van der Waals surface area contributed by atoms with Gasteiger partial charge in [-0.05, 0) is 116 Å². The number of nitrogens with one attached hydrogen (secondary N) is 1. The zero-order valence-electron chi connectivity index (χ0n) is 29.2. The average Bonchev–Trinajstić information content (AvgIpc) is 3.71. The highest BCUT2D eigenvalue weighted by molar-refractivity contribution is 6.37. The van der Waals surface area contributed by atoms with Crippen LogP contribution in [0.3, 0.4) is 0 Å². The standard InChI is InChI=1S/C38H43N5O7/c1-7-21-20(6)36-35(38(50)25(39)13-34(48)49)37-22(8-2)17(3)28(42-37)14-26-18(4)23(9-11-32(44)45)30(40-26)16-31-24(10-12-33(46)47)19(5)27(41-31)15-29(21)43-36/h14-16,25,41,50H,7-13,39H2,1-6H3,(H,44,45)(H,46,47)(H,48,49)/t25-/m0/s1. The molecule has 0 aliphatic carbocycles. The van der Waals surface area contributed by atoms with Gasteiger partial charge in [0.15, 0.2) is 0 Å². The van der Waals surface area contributed by atoms with Crippen molar-refractivity contribution < 1.29 is 34.8 Å². The number of aliphatic hydroxyl groups excluding tert-OH is 1. The lowest BCUT2D eigenvalue weighted by Gasteiger charge is -2.18. The van der Waals surface area contributed by atoms with Crippen LogP contribution in [0.5, 0.6) is 0 Å². The summed E-state index contributed by atoms with van der Waals surface area (Å²) in [6.07, 6.45) is 6.53. The molecule has 262 valence electrons. The molecule has 1 aromatic heterocycles.